The van der Waals surface area contributed by atoms with Crippen molar-refractivity contribution in [3.05, 3.63) is 42.1 Å². The summed E-state index contributed by atoms with van der Waals surface area (Å²) >= 11 is 0. The first kappa shape index (κ1) is 10.3. The highest BCUT2D eigenvalue weighted by atomic mass is 16.5. The van der Waals surface area contributed by atoms with Gasteiger partial charge in [0.15, 0.2) is 6.29 Å². The number of benzene rings is 1. The van der Waals surface area contributed by atoms with Gasteiger partial charge in [-0.3, -0.25) is 4.79 Å². The van der Waals surface area contributed by atoms with Gasteiger partial charge in [0.05, 0.1) is 12.8 Å². The van der Waals surface area contributed by atoms with Gasteiger partial charge in [0, 0.05) is 17.3 Å². The first-order valence-corrected chi connectivity index (χ1v) is 4.77. The number of ether oxygens (including phenoxy) is 1. The number of rotatable bonds is 3. The molecule has 1 heterocycles. The third kappa shape index (κ3) is 1.91. The Morgan fingerprint density at radius 1 is 1.25 bits per heavy atom. The lowest BCUT2D eigenvalue weighted by Crippen LogP contribution is -1.95. The van der Waals surface area contributed by atoms with E-state index >= 15 is 0 Å². The van der Waals surface area contributed by atoms with Crippen LogP contribution in [0.5, 0.6) is 6.01 Å². The Kier molecular flexibility index (Phi) is 2.91. The van der Waals surface area contributed by atoms with Gasteiger partial charge in [0.2, 0.25) is 0 Å². The monoisotopic (exact) mass is 214 g/mol. The van der Waals surface area contributed by atoms with Gasteiger partial charge in [-0.15, -0.1) is 0 Å². The summed E-state index contributed by atoms with van der Waals surface area (Å²) in [7, 11) is 1.50. The molecule has 0 N–H and O–H groups in total. The number of nitrogens with zero attached hydrogens (tertiary/aromatic N) is 2. The van der Waals surface area contributed by atoms with E-state index in [9.17, 15) is 4.79 Å². The van der Waals surface area contributed by atoms with Crippen LogP contribution >= 0.6 is 0 Å². The van der Waals surface area contributed by atoms with Crippen LogP contribution in [0, 0.1) is 0 Å². The molecule has 0 aliphatic heterocycles. The molecule has 0 unspecified atom stereocenters. The van der Waals surface area contributed by atoms with Gasteiger partial charge in [-0.25, -0.2) is 4.98 Å². The number of hydrogen-bond acceptors (Lipinski definition) is 4. The molecular weight excluding hydrogens is 204 g/mol. The van der Waals surface area contributed by atoms with Crippen molar-refractivity contribution in [2.75, 3.05) is 7.11 Å². The zero-order valence-corrected chi connectivity index (χ0v) is 8.75. The predicted octanol–water partition coefficient (Wildman–Crippen LogP) is 1.96. The average Bonchev–Trinajstić information content (AvgIpc) is 2.38. The van der Waals surface area contributed by atoms with Crippen LogP contribution in [-0.4, -0.2) is 23.4 Å². The van der Waals surface area contributed by atoms with E-state index in [1.54, 1.807) is 18.3 Å². The van der Waals surface area contributed by atoms with E-state index in [1.807, 2.05) is 18.2 Å². The fraction of sp³-hybridized carbons (Fsp3) is 0.0833. The van der Waals surface area contributed by atoms with Crippen LogP contribution in [-0.2, 0) is 0 Å². The predicted molar refractivity (Wildman–Crippen MR) is 59.4 cm³/mol. The molecule has 0 amide bonds. The number of aldehydes is 1. The van der Waals surface area contributed by atoms with Crippen molar-refractivity contribution in [3.63, 3.8) is 0 Å². The second kappa shape index (κ2) is 4.53. The lowest BCUT2D eigenvalue weighted by Gasteiger charge is -2.04. The standard InChI is InChI=1S/C12H10N2O2/c1-16-12-13-7-6-11(14-12)10-5-3-2-4-9(10)8-15/h2-8H,1H3. The molecule has 2 aromatic rings. The topological polar surface area (TPSA) is 52.1 Å². The van der Waals surface area contributed by atoms with E-state index in [1.165, 1.54) is 7.11 Å². The molecule has 0 radical (unpaired) electrons. The zero-order valence-electron chi connectivity index (χ0n) is 8.75. The van der Waals surface area contributed by atoms with Crippen LogP contribution in [0.4, 0.5) is 0 Å². The molecule has 2 rings (SSSR count). The van der Waals surface area contributed by atoms with Crippen molar-refractivity contribution in [2.45, 2.75) is 0 Å². The number of hydrogen-bond donors (Lipinski definition) is 0. The Hall–Kier alpha value is -2.23. The van der Waals surface area contributed by atoms with Crippen molar-refractivity contribution in [1.82, 2.24) is 9.97 Å². The molecule has 4 heteroatoms. The van der Waals surface area contributed by atoms with Gasteiger partial charge in [0.1, 0.15) is 0 Å². The first-order valence-electron chi connectivity index (χ1n) is 4.77. The Balaban J connectivity index is 2.53. The van der Waals surface area contributed by atoms with E-state index in [-0.39, 0.29) is 0 Å². The van der Waals surface area contributed by atoms with E-state index in [0.717, 1.165) is 11.8 Å². The Labute approximate surface area is 92.9 Å². The molecule has 0 bridgehead atoms. The summed E-state index contributed by atoms with van der Waals surface area (Å²) < 4.78 is 4.94. The van der Waals surface area contributed by atoms with E-state index in [4.69, 9.17) is 4.74 Å². The van der Waals surface area contributed by atoms with E-state index in [0.29, 0.717) is 17.3 Å². The fourth-order valence-electron chi connectivity index (χ4n) is 1.42. The Bertz CT molecular complexity index is 512. The zero-order chi connectivity index (χ0) is 11.4. The third-order valence-electron chi connectivity index (χ3n) is 2.18. The van der Waals surface area contributed by atoms with Crippen LogP contribution in [0.15, 0.2) is 36.5 Å². The quantitative estimate of drug-likeness (QED) is 0.733. The maximum Gasteiger partial charge on any atom is 0.316 e. The fourth-order valence-corrected chi connectivity index (χ4v) is 1.42. The summed E-state index contributed by atoms with van der Waals surface area (Å²) in [6, 6.07) is 9.29. The molecule has 1 aromatic heterocycles. The molecule has 16 heavy (non-hydrogen) atoms. The molecule has 0 aliphatic carbocycles. The molecule has 0 fully saturated rings. The van der Waals surface area contributed by atoms with Crippen molar-refractivity contribution >= 4 is 6.29 Å². The van der Waals surface area contributed by atoms with Gasteiger partial charge >= 0.3 is 6.01 Å². The minimum atomic E-state index is 0.290. The van der Waals surface area contributed by atoms with Crippen LogP contribution in [0.3, 0.4) is 0 Å². The number of carbonyl (C=O) groups excluding carboxylic acids is 1. The smallest absolute Gasteiger partial charge is 0.316 e. The molecular formula is C12H10N2O2. The largest absolute Gasteiger partial charge is 0.467 e. The highest BCUT2D eigenvalue weighted by molar-refractivity contribution is 5.86. The van der Waals surface area contributed by atoms with Gasteiger partial charge in [-0.1, -0.05) is 24.3 Å². The number of methoxy groups -OCH3 is 1. The molecule has 80 valence electrons. The maximum atomic E-state index is 10.9. The molecule has 0 spiro atoms. The summed E-state index contributed by atoms with van der Waals surface area (Å²) in [4.78, 5) is 19.0. The Morgan fingerprint density at radius 3 is 2.81 bits per heavy atom. The van der Waals surface area contributed by atoms with Crippen molar-refractivity contribution in [3.8, 4) is 17.3 Å². The van der Waals surface area contributed by atoms with Gasteiger partial charge in [-0.2, -0.15) is 4.98 Å². The summed E-state index contributed by atoms with van der Waals surface area (Å²) in [5.74, 6) is 0. The first-order chi connectivity index (χ1) is 7.85. The van der Waals surface area contributed by atoms with Gasteiger partial charge in [0.25, 0.3) is 0 Å². The normalized spacial score (nSPS) is 9.81. The minimum absolute atomic E-state index is 0.290. The highest BCUT2D eigenvalue weighted by Crippen LogP contribution is 2.21. The van der Waals surface area contributed by atoms with Crippen molar-refractivity contribution in [2.24, 2.45) is 0 Å². The van der Waals surface area contributed by atoms with Crippen LogP contribution in [0.25, 0.3) is 11.3 Å². The molecule has 1 aromatic carbocycles. The molecule has 4 nitrogen and oxygen atoms in total. The summed E-state index contributed by atoms with van der Waals surface area (Å²) in [5, 5.41) is 0. The molecule has 0 saturated heterocycles. The lowest BCUT2D eigenvalue weighted by atomic mass is 10.1. The molecule has 0 saturated carbocycles. The second-order valence-electron chi connectivity index (χ2n) is 3.13. The van der Waals surface area contributed by atoms with Gasteiger partial charge in [-0.05, 0) is 6.07 Å². The summed E-state index contributed by atoms with van der Waals surface area (Å²) in [5.41, 5.74) is 2.05. The minimum Gasteiger partial charge on any atom is -0.467 e. The Morgan fingerprint density at radius 2 is 2.06 bits per heavy atom. The van der Waals surface area contributed by atoms with Gasteiger partial charge < -0.3 is 4.74 Å². The summed E-state index contributed by atoms with van der Waals surface area (Å²) in [6.45, 7) is 0. The average molecular weight is 214 g/mol. The van der Waals surface area contributed by atoms with Crippen molar-refractivity contribution in [1.29, 1.82) is 0 Å². The highest BCUT2D eigenvalue weighted by Gasteiger charge is 2.06. The number of carbonyl (C=O) groups is 1. The van der Waals surface area contributed by atoms with Crippen molar-refractivity contribution < 1.29 is 9.53 Å². The third-order valence-corrected chi connectivity index (χ3v) is 2.18. The van der Waals surface area contributed by atoms with E-state index < -0.39 is 0 Å². The molecule has 0 aliphatic rings. The van der Waals surface area contributed by atoms with Crippen LogP contribution < -0.4 is 4.74 Å². The second-order valence-corrected chi connectivity index (χ2v) is 3.13. The lowest BCUT2D eigenvalue weighted by molar-refractivity contribution is 0.112. The van der Waals surface area contributed by atoms with E-state index in [2.05, 4.69) is 9.97 Å². The SMILES string of the molecule is COc1nccc(-c2ccccc2C=O)n1. The summed E-state index contributed by atoms with van der Waals surface area (Å²) in [6.07, 6.45) is 2.41. The van der Waals surface area contributed by atoms with Crippen LogP contribution in [0.2, 0.25) is 0 Å². The number of aromatic nitrogens is 2. The molecule has 0 atom stereocenters. The maximum absolute atomic E-state index is 10.9. The van der Waals surface area contributed by atoms with Crippen LogP contribution in [0.1, 0.15) is 10.4 Å².